The van der Waals surface area contributed by atoms with Gasteiger partial charge in [-0.05, 0) is 35.0 Å². The molecule has 1 atom stereocenters. The number of halogens is 2. The number of hydrogen-bond acceptors (Lipinski definition) is 6. The molecule has 0 fully saturated rings. The summed E-state index contributed by atoms with van der Waals surface area (Å²) in [6.45, 7) is 2.15. The number of rotatable bonds is 2. The topological polar surface area (TPSA) is 97.0 Å². The maximum atomic E-state index is 14.1. The number of carbonyl (C=O) groups excluding carboxylic acids is 1. The summed E-state index contributed by atoms with van der Waals surface area (Å²) >= 11 is 3.01. The van der Waals surface area contributed by atoms with Crippen molar-refractivity contribution in [1.29, 1.82) is 0 Å². The Labute approximate surface area is 161 Å². The van der Waals surface area contributed by atoms with Crippen LogP contribution in [0.15, 0.2) is 39.8 Å². The predicted molar refractivity (Wildman–Crippen MR) is 97.2 cm³/mol. The number of anilines is 1. The van der Waals surface area contributed by atoms with Crippen LogP contribution in [0.5, 0.6) is 0 Å². The third kappa shape index (κ3) is 3.27. The van der Waals surface area contributed by atoms with Crippen molar-refractivity contribution in [3.05, 3.63) is 52.4 Å². The van der Waals surface area contributed by atoms with Crippen LogP contribution < -0.4 is 5.32 Å². The minimum absolute atomic E-state index is 0.0387. The molecule has 4 heterocycles. The van der Waals surface area contributed by atoms with Gasteiger partial charge in [-0.1, -0.05) is 5.16 Å². The monoisotopic (exact) mass is 432 g/mol. The van der Waals surface area contributed by atoms with Crippen molar-refractivity contribution in [3.63, 3.8) is 0 Å². The standard InChI is InChI=1S/C17H14BrFN6O2/c1-9-7-12-10(14(27-24-12)16-21-4-2-5-22-16)8-25(9)17(26)23-11-3-6-20-15(18)13(11)19/h2-6,9H,7-8H2,1H3,(H,20,23,26). The van der Waals surface area contributed by atoms with Gasteiger partial charge in [-0.2, -0.15) is 0 Å². The van der Waals surface area contributed by atoms with E-state index < -0.39 is 11.8 Å². The van der Waals surface area contributed by atoms with Gasteiger partial charge in [-0.15, -0.1) is 0 Å². The molecule has 0 bridgehead atoms. The van der Waals surface area contributed by atoms with Gasteiger partial charge in [-0.25, -0.2) is 24.1 Å². The Bertz CT molecular complexity index is 996. The smallest absolute Gasteiger partial charge is 0.322 e. The van der Waals surface area contributed by atoms with E-state index in [4.69, 9.17) is 4.52 Å². The summed E-state index contributed by atoms with van der Waals surface area (Å²) in [6.07, 6.45) is 5.14. The summed E-state index contributed by atoms with van der Waals surface area (Å²) in [5.74, 6) is 0.220. The van der Waals surface area contributed by atoms with Crippen molar-refractivity contribution in [2.24, 2.45) is 0 Å². The fourth-order valence-corrected chi connectivity index (χ4v) is 3.28. The largest absolute Gasteiger partial charge is 0.352 e. The Morgan fingerprint density at radius 1 is 1.33 bits per heavy atom. The molecule has 10 heteroatoms. The predicted octanol–water partition coefficient (Wildman–Crippen LogP) is 3.41. The van der Waals surface area contributed by atoms with Gasteiger partial charge < -0.3 is 14.7 Å². The van der Waals surface area contributed by atoms with E-state index in [9.17, 15) is 9.18 Å². The Morgan fingerprint density at radius 3 is 2.89 bits per heavy atom. The first-order chi connectivity index (χ1) is 13.0. The van der Waals surface area contributed by atoms with Crippen molar-refractivity contribution in [2.45, 2.75) is 25.9 Å². The van der Waals surface area contributed by atoms with Crippen LogP contribution in [0, 0.1) is 5.82 Å². The van der Waals surface area contributed by atoms with Crippen LogP contribution in [0.25, 0.3) is 11.6 Å². The van der Waals surface area contributed by atoms with E-state index in [1.54, 1.807) is 23.4 Å². The molecule has 1 N–H and O–H groups in total. The molecule has 1 unspecified atom stereocenters. The summed E-state index contributed by atoms with van der Waals surface area (Å²) < 4.78 is 19.6. The van der Waals surface area contributed by atoms with Gasteiger partial charge in [-0.3, -0.25) is 0 Å². The van der Waals surface area contributed by atoms with E-state index in [-0.39, 0.29) is 22.9 Å². The Kier molecular flexibility index (Phi) is 4.56. The number of urea groups is 1. The molecule has 138 valence electrons. The number of nitrogens with zero attached hydrogens (tertiary/aromatic N) is 5. The molecule has 0 spiro atoms. The molecule has 0 aromatic carbocycles. The second kappa shape index (κ2) is 7.03. The molecule has 27 heavy (non-hydrogen) atoms. The molecular formula is C17H14BrFN6O2. The molecular weight excluding hydrogens is 419 g/mol. The van der Waals surface area contributed by atoms with Crippen LogP contribution >= 0.6 is 15.9 Å². The fraction of sp³-hybridized carbons (Fsp3) is 0.235. The second-order valence-corrected chi connectivity index (χ2v) is 6.83. The van der Waals surface area contributed by atoms with Crippen molar-refractivity contribution in [2.75, 3.05) is 5.32 Å². The van der Waals surface area contributed by atoms with Crippen molar-refractivity contribution in [1.82, 2.24) is 25.0 Å². The van der Waals surface area contributed by atoms with E-state index in [0.717, 1.165) is 11.3 Å². The zero-order valence-electron chi connectivity index (χ0n) is 14.2. The van der Waals surface area contributed by atoms with Gasteiger partial charge in [0.15, 0.2) is 11.6 Å². The zero-order chi connectivity index (χ0) is 19.0. The normalized spacial score (nSPS) is 16.1. The molecule has 0 aliphatic carbocycles. The number of pyridine rings is 1. The quantitative estimate of drug-likeness (QED) is 0.623. The number of fused-ring (bicyclic) bond motifs is 1. The third-order valence-electron chi connectivity index (χ3n) is 4.34. The number of aromatic nitrogens is 4. The van der Waals surface area contributed by atoms with Crippen LogP contribution in [-0.2, 0) is 13.0 Å². The highest BCUT2D eigenvalue weighted by atomic mass is 79.9. The molecule has 4 rings (SSSR count). The van der Waals surface area contributed by atoms with Gasteiger partial charge in [0.2, 0.25) is 5.76 Å². The van der Waals surface area contributed by atoms with Crippen LogP contribution in [0.4, 0.5) is 14.9 Å². The number of hydrogen-bond donors (Lipinski definition) is 1. The lowest BCUT2D eigenvalue weighted by Gasteiger charge is -2.32. The lowest BCUT2D eigenvalue weighted by atomic mass is 10.00. The molecule has 1 aliphatic rings. The minimum Gasteiger partial charge on any atom is -0.352 e. The van der Waals surface area contributed by atoms with Gasteiger partial charge in [0, 0.05) is 36.6 Å². The van der Waals surface area contributed by atoms with Gasteiger partial charge in [0.25, 0.3) is 0 Å². The van der Waals surface area contributed by atoms with Crippen molar-refractivity contribution >= 4 is 27.6 Å². The van der Waals surface area contributed by atoms with Gasteiger partial charge >= 0.3 is 6.03 Å². The van der Waals surface area contributed by atoms with Crippen molar-refractivity contribution in [3.8, 4) is 11.6 Å². The molecule has 2 amide bonds. The molecule has 0 radical (unpaired) electrons. The van der Waals surface area contributed by atoms with Crippen LogP contribution in [-0.4, -0.2) is 37.1 Å². The van der Waals surface area contributed by atoms with Gasteiger partial charge in [0.1, 0.15) is 4.60 Å². The SMILES string of the molecule is CC1Cc2noc(-c3ncccn3)c2CN1C(=O)Nc1ccnc(Br)c1F. The van der Waals surface area contributed by atoms with E-state index in [1.807, 2.05) is 6.92 Å². The van der Waals surface area contributed by atoms with Crippen LogP contribution in [0.2, 0.25) is 0 Å². The first-order valence-electron chi connectivity index (χ1n) is 8.17. The summed E-state index contributed by atoms with van der Waals surface area (Å²) in [5, 5.41) is 6.69. The molecule has 3 aromatic heterocycles. The Morgan fingerprint density at radius 2 is 2.11 bits per heavy atom. The molecule has 0 saturated carbocycles. The average Bonchev–Trinajstić information content (AvgIpc) is 3.08. The fourth-order valence-electron chi connectivity index (χ4n) is 2.95. The highest BCUT2D eigenvalue weighted by Crippen LogP contribution is 2.31. The lowest BCUT2D eigenvalue weighted by molar-refractivity contribution is 0.182. The second-order valence-electron chi connectivity index (χ2n) is 6.08. The maximum absolute atomic E-state index is 14.1. The highest BCUT2D eigenvalue weighted by Gasteiger charge is 2.33. The summed E-state index contributed by atoms with van der Waals surface area (Å²) in [5.41, 5.74) is 1.58. The Balaban J connectivity index is 1.60. The van der Waals surface area contributed by atoms with Gasteiger partial charge in [0.05, 0.1) is 17.9 Å². The van der Waals surface area contributed by atoms with Crippen molar-refractivity contribution < 1.29 is 13.7 Å². The van der Waals surface area contributed by atoms with E-state index >= 15 is 0 Å². The zero-order valence-corrected chi connectivity index (χ0v) is 15.8. The summed E-state index contributed by atoms with van der Waals surface area (Å²) in [6, 6.07) is 2.54. The first kappa shape index (κ1) is 17.5. The third-order valence-corrected chi connectivity index (χ3v) is 4.89. The highest BCUT2D eigenvalue weighted by molar-refractivity contribution is 9.10. The summed E-state index contributed by atoms with van der Waals surface area (Å²) in [7, 11) is 0. The molecule has 3 aromatic rings. The number of carbonyl (C=O) groups is 1. The average molecular weight is 433 g/mol. The van der Waals surface area contributed by atoms with E-state index in [2.05, 4.69) is 41.4 Å². The van der Waals surface area contributed by atoms with Crippen LogP contribution in [0.1, 0.15) is 18.2 Å². The molecule has 8 nitrogen and oxygen atoms in total. The minimum atomic E-state index is -0.625. The lowest BCUT2D eigenvalue weighted by Crippen LogP contribution is -2.44. The molecule has 0 saturated heterocycles. The van der Waals surface area contributed by atoms with Crippen LogP contribution in [0.3, 0.4) is 0 Å². The maximum Gasteiger partial charge on any atom is 0.322 e. The molecule has 1 aliphatic heterocycles. The van der Waals surface area contributed by atoms with E-state index in [0.29, 0.717) is 18.0 Å². The Hall–Kier alpha value is -2.88. The summed E-state index contributed by atoms with van der Waals surface area (Å²) in [4.78, 5) is 26.5. The number of nitrogens with one attached hydrogen (secondary N) is 1. The van der Waals surface area contributed by atoms with E-state index in [1.165, 1.54) is 12.3 Å². The first-order valence-corrected chi connectivity index (χ1v) is 8.96. The number of amides is 2.